The van der Waals surface area contributed by atoms with Crippen LogP contribution in [0.3, 0.4) is 0 Å². The van der Waals surface area contributed by atoms with E-state index < -0.39 is 5.91 Å². The topological polar surface area (TPSA) is 92.9 Å². The first kappa shape index (κ1) is 17.8. The van der Waals surface area contributed by atoms with Gasteiger partial charge in [-0.3, -0.25) is 4.79 Å². The van der Waals surface area contributed by atoms with Gasteiger partial charge in [0, 0.05) is 13.1 Å². The van der Waals surface area contributed by atoms with E-state index in [2.05, 4.69) is 10.5 Å². The summed E-state index contributed by atoms with van der Waals surface area (Å²) in [5.41, 5.74) is 0.574. The summed E-state index contributed by atoms with van der Waals surface area (Å²) in [6.07, 6.45) is 0. The molecule has 25 heavy (non-hydrogen) atoms. The van der Waals surface area contributed by atoms with Crippen LogP contribution < -0.4 is 14.8 Å². The van der Waals surface area contributed by atoms with Gasteiger partial charge < -0.3 is 19.6 Å². The zero-order valence-corrected chi connectivity index (χ0v) is 13.9. The van der Waals surface area contributed by atoms with E-state index in [0.29, 0.717) is 22.8 Å². The Morgan fingerprint density at radius 3 is 2.68 bits per heavy atom. The van der Waals surface area contributed by atoms with Crippen molar-refractivity contribution in [2.24, 2.45) is 5.16 Å². The molecule has 1 amide bonds. The molecule has 2 aromatic rings. The summed E-state index contributed by atoms with van der Waals surface area (Å²) < 4.78 is 11.1. The third kappa shape index (κ3) is 4.72. The van der Waals surface area contributed by atoms with E-state index in [1.807, 2.05) is 6.07 Å². The number of hydrogen-bond donors (Lipinski definition) is 1. The van der Waals surface area contributed by atoms with E-state index >= 15 is 0 Å². The molecule has 0 spiro atoms. The molecule has 0 saturated carbocycles. The number of nitrogens with zero attached hydrogens (tertiary/aromatic N) is 2. The first-order valence-electron chi connectivity index (χ1n) is 7.40. The fourth-order valence-corrected chi connectivity index (χ4v) is 2.04. The first-order valence-corrected chi connectivity index (χ1v) is 7.40. The highest BCUT2D eigenvalue weighted by molar-refractivity contribution is 6.45. The minimum atomic E-state index is -0.399. The number of carbonyl (C=O) groups excluding carboxylic acids is 1. The maximum Gasteiger partial charge on any atom is 0.273 e. The molecule has 7 heteroatoms. The summed E-state index contributed by atoms with van der Waals surface area (Å²) in [4.78, 5) is 16.8. The third-order valence-electron chi connectivity index (χ3n) is 3.10. The van der Waals surface area contributed by atoms with Crippen molar-refractivity contribution in [3.05, 3.63) is 54.1 Å². The van der Waals surface area contributed by atoms with Crippen molar-refractivity contribution in [3.8, 4) is 23.3 Å². The van der Waals surface area contributed by atoms with E-state index in [0.717, 1.165) is 0 Å². The van der Waals surface area contributed by atoms with Crippen LogP contribution in [0, 0.1) is 11.3 Å². The van der Waals surface area contributed by atoms with Gasteiger partial charge in [0.15, 0.2) is 12.3 Å². The average Bonchev–Trinajstić information content (AvgIpc) is 2.65. The van der Waals surface area contributed by atoms with Gasteiger partial charge in [0.25, 0.3) is 5.91 Å². The zero-order valence-electron chi connectivity index (χ0n) is 13.9. The predicted molar refractivity (Wildman–Crippen MR) is 91.7 cm³/mol. The molecule has 0 fully saturated rings. The number of nitriles is 1. The summed E-state index contributed by atoms with van der Waals surface area (Å²) in [5, 5.41) is 14.9. The maximum atomic E-state index is 12.1. The summed E-state index contributed by atoms with van der Waals surface area (Å²) in [6, 6.07) is 15.7. The van der Waals surface area contributed by atoms with Gasteiger partial charge in [0.2, 0.25) is 0 Å². The quantitative estimate of drug-likeness (QED) is 0.618. The van der Waals surface area contributed by atoms with Crippen molar-refractivity contribution >= 4 is 11.6 Å². The zero-order chi connectivity index (χ0) is 18.1. The highest BCUT2D eigenvalue weighted by Crippen LogP contribution is 2.28. The van der Waals surface area contributed by atoms with E-state index in [9.17, 15) is 4.79 Å². The van der Waals surface area contributed by atoms with E-state index in [-0.39, 0.29) is 12.3 Å². The molecule has 0 radical (unpaired) electrons. The van der Waals surface area contributed by atoms with Crippen LogP contribution in [0.4, 0.5) is 0 Å². The lowest BCUT2D eigenvalue weighted by molar-refractivity contribution is -0.114. The number of rotatable bonds is 7. The number of oxime groups is 1. The van der Waals surface area contributed by atoms with Crippen LogP contribution in [0.25, 0.3) is 0 Å². The number of amides is 1. The van der Waals surface area contributed by atoms with Gasteiger partial charge in [-0.05, 0) is 24.3 Å². The highest BCUT2D eigenvalue weighted by Gasteiger charge is 2.18. The van der Waals surface area contributed by atoms with Crippen molar-refractivity contribution in [1.82, 2.24) is 5.32 Å². The second-order valence-corrected chi connectivity index (χ2v) is 4.72. The van der Waals surface area contributed by atoms with Crippen molar-refractivity contribution < 1.29 is 19.1 Å². The molecule has 2 rings (SSSR count). The molecular weight excluding hydrogens is 322 g/mol. The number of ether oxygens (including phenoxy) is 2. The number of likely N-dealkylation sites (N-methyl/N-ethyl adjacent to an activating group) is 1. The predicted octanol–water partition coefficient (Wildman–Crippen LogP) is 2.48. The second kappa shape index (κ2) is 8.93. The van der Waals surface area contributed by atoms with Crippen LogP contribution in [0.2, 0.25) is 0 Å². The van der Waals surface area contributed by atoms with Gasteiger partial charge in [-0.15, -0.1) is 0 Å². The van der Waals surface area contributed by atoms with Crippen LogP contribution in [0.15, 0.2) is 53.7 Å². The molecule has 1 N–H and O–H groups in total. The van der Waals surface area contributed by atoms with E-state index in [1.165, 1.54) is 14.2 Å². The Morgan fingerprint density at radius 1 is 1.20 bits per heavy atom. The molecule has 0 aliphatic rings. The lowest BCUT2D eigenvalue weighted by atomic mass is 10.1. The Bertz CT molecular complexity index is 812. The number of carbonyl (C=O) groups is 1. The van der Waals surface area contributed by atoms with Crippen LogP contribution in [0.5, 0.6) is 17.2 Å². The van der Waals surface area contributed by atoms with Gasteiger partial charge in [0.1, 0.15) is 30.4 Å². The highest BCUT2D eigenvalue weighted by atomic mass is 16.6. The fraction of sp³-hybridized carbons (Fsp3) is 0.167. The smallest absolute Gasteiger partial charge is 0.273 e. The SMILES string of the molecule is CNC(=O)/C(=N/OC)c1ccccc1Oc1cccc(OCC#N)c1. The standard InChI is InChI=1S/C18H17N3O4/c1-20-18(22)17(21-23-2)15-8-3-4-9-16(15)25-14-7-5-6-13(12-14)24-11-10-19/h3-9,12H,11H2,1-2H3,(H,20,22)/b21-17+. The van der Waals surface area contributed by atoms with E-state index in [4.69, 9.17) is 19.6 Å². The second-order valence-electron chi connectivity index (χ2n) is 4.72. The van der Waals surface area contributed by atoms with Crippen molar-refractivity contribution in [1.29, 1.82) is 5.26 Å². The number of para-hydroxylation sites is 1. The van der Waals surface area contributed by atoms with Gasteiger partial charge in [0.05, 0.1) is 5.56 Å². The van der Waals surface area contributed by atoms with Crippen molar-refractivity contribution in [3.63, 3.8) is 0 Å². The molecule has 0 aliphatic heterocycles. The third-order valence-corrected chi connectivity index (χ3v) is 3.10. The summed E-state index contributed by atoms with van der Waals surface area (Å²) in [7, 11) is 2.87. The molecule has 0 unspecified atom stereocenters. The molecular formula is C18H17N3O4. The molecule has 0 aromatic heterocycles. The minimum Gasteiger partial charge on any atom is -0.479 e. The summed E-state index contributed by atoms with van der Waals surface area (Å²) in [5.74, 6) is 1.04. The minimum absolute atomic E-state index is 0.0542. The van der Waals surface area contributed by atoms with Crippen molar-refractivity contribution in [2.45, 2.75) is 0 Å². The Hall–Kier alpha value is -3.53. The van der Waals surface area contributed by atoms with Gasteiger partial charge in [-0.25, -0.2) is 0 Å². The van der Waals surface area contributed by atoms with Gasteiger partial charge in [-0.1, -0.05) is 23.4 Å². The Kier molecular flexibility index (Phi) is 6.37. The molecule has 0 saturated heterocycles. The van der Waals surface area contributed by atoms with Crippen LogP contribution in [-0.4, -0.2) is 32.4 Å². The maximum absolute atomic E-state index is 12.1. The molecule has 0 aliphatic carbocycles. The summed E-state index contributed by atoms with van der Waals surface area (Å²) in [6.45, 7) is -0.0542. The average molecular weight is 339 g/mol. The normalized spacial score (nSPS) is 10.5. The molecule has 0 heterocycles. The number of benzene rings is 2. The summed E-state index contributed by atoms with van der Waals surface area (Å²) >= 11 is 0. The van der Waals surface area contributed by atoms with Crippen molar-refractivity contribution in [2.75, 3.05) is 20.8 Å². The van der Waals surface area contributed by atoms with Crippen LogP contribution in [-0.2, 0) is 9.63 Å². The molecule has 2 aromatic carbocycles. The monoisotopic (exact) mass is 339 g/mol. The molecule has 0 bridgehead atoms. The lowest BCUT2D eigenvalue weighted by Gasteiger charge is -2.12. The Balaban J connectivity index is 2.34. The first-order chi connectivity index (χ1) is 12.2. The largest absolute Gasteiger partial charge is 0.479 e. The van der Waals surface area contributed by atoms with Crippen LogP contribution >= 0.6 is 0 Å². The van der Waals surface area contributed by atoms with Gasteiger partial charge in [-0.2, -0.15) is 5.26 Å². The van der Waals surface area contributed by atoms with E-state index in [1.54, 1.807) is 48.5 Å². The lowest BCUT2D eigenvalue weighted by Crippen LogP contribution is -2.28. The Labute approximate surface area is 145 Å². The molecule has 7 nitrogen and oxygen atoms in total. The van der Waals surface area contributed by atoms with Gasteiger partial charge >= 0.3 is 0 Å². The van der Waals surface area contributed by atoms with Crippen LogP contribution in [0.1, 0.15) is 5.56 Å². The Morgan fingerprint density at radius 2 is 1.96 bits per heavy atom. The molecule has 128 valence electrons. The number of hydrogen-bond acceptors (Lipinski definition) is 6. The molecule has 0 atom stereocenters. The number of nitrogens with one attached hydrogen (secondary N) is 1. The fourth-order valence-electron chi connectivity index (χ4n) is 2.04.